The number of hydrogen-bond acceptors (Lipinski definition) is 5. The van der Waals surface area contributed by atoms with Crippen LogP contribution in [0.3, 0.4) is 0 Å². The number of aromatic nitrogens is 7. The topological polar surface area (TPSA) is 117 Å². The number of pyridine rings is 1. The van der Waals surface area contributed by atoms with Crippen molar-refractivity contribution < 1.29 is 4.79 Å². The van der Waals surface area contributed by atoms with Crippen LogP contribution >= 0.6 is 0 Å². The number of benzene rings is 1. The first-order valence-electron chi connectivity index (χ1n) is 9.89. The Bertz CT molecular complexity index is 1360. The number of hydrogen-bond donors (Lipinski definition) is 3. The van der Waals surface area contributed by atoms with Crippen LogP contribution < -0.4 is 5.32 Å². The predicted octanol–water partition coefficient (Wildman–Crippen LogP) is 4.04. The summed E-state index contributed by atoms with van der Waals surface area (Å²) in [6.45, 7) is 4.10. The summed E-state index contributed by atoms with van der Waals surface area (Å²) in [6, 6.07) is 13.4. The van der Waals surface area contributed by atoms with Crippen LogP contribution in [-0.2, 0) is 0 Å². The molecule has 0 spiro atoms. The van der Waals surface area contributed by atoms with Gasteiger partial charge in [-0.25, -0.2) is 4.98 Å². The highest BCUT2D eigenvalue weighted by Crippen LogP contribution is 2.25. The molecule has 5 rings (SSSR count). The fourth-order valence-corrected chi connectivity index (χ4v) is 3.45. The van der Waals surface area contributed by atoms with E-state index in [1.807, 2.05) is 61.0 Å². The van der Waals surface area contributed by atoms with E-state index in [0.29, 0.717) is 23.0 Å². The van der Waals surface area contributed by atoms with E-state index in [9.17, 15) is 4.79 Å². The lowest BCUT2D eigenvalue weighted by atomic mass is 10.1. The van der Waals surface area contributed by atoms with Crippen LogP contribution in [0.5, 0.6) is 0 Å². The second-order valence-electron chi connectivity index (χ2n) is 7.49. The molecule has 4 aromatic heterocycles. The molecule has 31 heavy (non-hydrogen) atoms. The Morgan fingerprint density at radius 3 is 2.84 bits per heavy atom. The Morgan fingerprint density at radius 2 is 2.03 bits per heavy atom. The highest BCUT2D eigenvalue weighted by molar-refractivity contribution is 6.05. The summed E-state index contributed by atoms with van der Waals surface area (Å²) in [5, 5.41) is 18.8. The van der Waals surface area contributed by atoms with E-state index < -0.39 is 0 Å². The summed E-state index contributed by atoms with van der Waals surface area (Å²) in [5.74, 6) is 0.832. The first-order valence-corrected chi connectivity index (χ1v) is 9.89. The lowest BCUT2D eigenvalue weighted by Gasteiger charge is -2.10. The lowest BCUT2D eigenvalue weighted by molar-refractivity contribution is 0.102. The second-order valence-corrected chi connectivity index (χ2v) is 7.49. The van der Waals surface area contributed by atoms with Gasteiger partial charge in [0.1, 0.15) is 23.5 Å². The van der Waals surface area contributed by atoms with Gasteiger partial charge in [0.25, 0.3) is 5.91 Å². The molecule has 0 atom stereocenters. The maximum atomic E-state index is 12.8. The summed E-state index contributed by atoms with van der Waals surface area (Å²) in [4.78, 5) is 20.6. The van der Waals surface area contributed by atoms with Gasteiger partial charge in [-0.3, -0.25) is 9.89 Å². The highest BCUT2D eigenvalue weighted by Gasteiger charge is 2.14. The van der Waals surface area contributed by atoms with E-state index in [1.165, 1.54) is 0 Å². The summed E-state index contributed by atoms with van der Waals surface area (Å²) in [6.07, 6.45) is 5.27. The largest absolute Gasteiger partial charge is 0.351 e. The SMILES string of the molecule is CC(C)n1cnnc1-c1cccc(NC(=O)c2cc3ccc(-c4cn[nH]c4)cc3[nH]2)n1. The Morgan fingerprint density at radius 1 is 1.13 bits per heavy atom. The molecule has 1 aromatic carbocycles. The number of aromatic amines is 2. The van der Waals surface area contributed by atoms with Crippen molar-refractivity contribution in [1.82, 2.24) is 34.9 Å². The van der Waals surface area contributed by atoms with Crippen molar-refractivity contribution in [1.29, 1.82) is 0 Å². The molecular weight excluding hydrogens is 392 g/mol. The molecule has 9 nitrogen and oxygen atoms in total. The fourth-order valence-electron chi connectivity index (χ4n) is 3.45. The Hall–Kier alpha value is -4.27. The van der Waals surface area contributed by atoms with Gasteiger partial charge in [0.05, 0.1) is 6.20 Å². The van der Waals surface area contributed by atoms with Crippen molar-refractivity contribution in [3.05, 3.63) is 66.9 Å². The van der Waals surface area contributed by atoms with Gasteiger partial charge in [0, 0.05) is 28.7 Å². The van der Waals surface area contributed by atoms with Gasteiger partial charge in [-0.05, 0) is 43.7 Å². The zero-order valence-electron chi connectivity index (χ0n) is 17.0. The lowest BCUT2D eigenvalue weighted by Crippen LogP contribution is -2.13. The van der Waals surface area contributed by atoms with Crippen LogP contribution in [0.25, 0.3) is 33.5 Å². The van der Waals surface area contributed by atoms with E-state index in [-0.39, 0.29) is 11.9 Å². The van der Waals surface area contributed by atoms with Crippen molar-refractivity contribution in [3.8, 4) is 22.6 Å². The number of fused-ring (bicyclic) bond motifs is 1. The summed E-state index contributed by atoms with van der Waals surface area (Å²) in [7, 11) is 0. The van der Waals surface area contributed by atoms with Gasteiger partial charge >= 0.3 is 0 Å². The Labute approximate surface area is 177 Å². The average Bonchev–Trinajstić information content (AvgIpc) is 3.53. The molecule has 0 saturated heterocycles. The third kappa shape index (κ3) is 3.57. The number of amides is 1. The Kier molecular flexibility index (Phi) is 4.55. The molecule has 0 aliphatic carbocycles. The molecule has 0 aliphatic heterocycles. The fraction of sp³-hybridized carbons (Fsp3) is 0.136. The van der Waals surface area contributed by atoms with Crippen LogP contribution in [0.15, 0.2) is 61.2 Å². The minimum absolute atomic E-state index is 0.198. The van der Waals surface area contributed by atoms with Crippen molar-refractivity contribution >= 4 is 22.6 Å². The van der Waals surface area contributed by atoms with Crippen molar-refractivity contribution in [3.63, 3.8) is 0 Å². The molecule has 9 heteroatoms. The smallest absolute Gasteiger partial charge is 0.273 e. The van der Waals surface area contributed by atoms with Gasteiger partial charge in [-0.1, -0.05) is 18.2 Å². The third-order valence-electron chi connectivity index (χ3n) is 5.05. The van der Waals surface area contributed by atoms with E-state index in [2.05, 4.69) is 35.7 Å². The van der Waals surface area contributed by atoms with E-state index in [1.54, 1.807) is 18.6 Å². The normalized spacial score (nSPS) is 11.3. The van der Waals surface area contributed by atoms with Crippen LogP contribution in [-0.4, -0.2) is 40.8 Å². The maximum Gasteiger partial charge on any atom is 0.273 e. The zero-order valence-corrected chi connectivity index (χ0v) is 17.0. The average molecular weight is 412 g/mol. The van der Waals surface area contributed by atoms with Crippen molar-refractivity contribution in [2.24, 2.45) is 0 Å². The Balaban J connectivity index is 1.40. The maximum absolute atomic E-state index is 12.8. The molecule has 154 valence electrons. The van der Waals surface area contributed by atoms with Crippen LogP contribution in [0, 0.1) is 0 Å². The number of carbonyl (C=O) groups is 1. The molecular formula is C22H20N8O. The first kappa shape index (κ1) is 18.7. The van der Waals surface area contributed by atoms with Gasteiger partial charge in [-0.2, -0.15) is 5.10 Å². The van der Waals surface area contributed by atoms with E-state index >= 15 is 0 Å². The number of carbonyl (C=O) groups excluding carboxylic acids is 1. The third-order valence-corrected chi connectivity index (χ3v) is 5.05. The standard InChI is InChI=1S/C22H20N8O/c1-13(2)30-12-25-29-21(30)17-4-3-5-20(27-17)28-22(31)19-9-15-7-6-14(8-18(15)26-19)16-10-23-24-11-16/h3-13,26H,1-2H3,(H,23,24)(H,27,28,31). The van der Waals surface area contributed by atoms with Crippen LogP contribution in [0.2, 0.25) is 0 Å². The molecule has 4 heterocycles. The van der Waals surface area contributed by atoms with Gasteiger partial charge in [-0.15, -0.1) is 10.2 Å². The van der Waals surface area contributed by atoms with E-state index in [0.717, 1.165) is 22.0 Å². The molecule has 0 bridgehead atoms. The molecule has 0 fully saturated rings. The molecule has 5 aromatic rings. The number of anilines is 1. The molecule has 0 radical (unpaired) electrons. The quantitative estimate of drug-likeness (QED) is 0.403. The van der Waals surface area contributed by atoms with Gasteiger partial charge in [0.2, 0.25) is 0 Å². The summed E-state index contributed by atoms with van der Waals surface area (Å²) >= 11 is 0. The molecule has 0 saturated carbocycles. The van der Waals surface area contributed by atoms with E-state index in [4.69, 9.17) is 0 Å². The van der Waals surface area contributed by atoms with Crippen molar-refractivity contribution in [2.45, 2.75) is 19.9 Å². The summed E-state index contributed by atoms with van der Waals surface area (Å²) in [5.41, 5.74) is 3.97. The number of nitrogens with zero attached hydrogens (tertiary/aromatic N) is 5. The zero-order chi connectivity index (χ0) is 21.4. The molecule has 1 amide bonds. The van der Waals surface area contributed by atoms with Gasteiger partial charge in [0.15, 0.2) is 5.82 Å². The number of nitrogens with one attached hydrogen (secondary N) is 3. The molecule has 0 aliphatic rings. The number of rotatable bonds is 5. The highest BCUT2D eigenvalue weighted by atomic mass is 16.1. The first-order chi connectivity index (χ1) is 15.1. The van der Waals surface area contributed by atoms with Crippen LogP contribution in [0.4, 0.5) is 5.82 Å². The molecule has 3 N–H and O–H groups in total. The van der Waals surface area contributed by atoms with Crippen LogP contribution in [0.1, 0.15) is 30.4 Å². The second kappa shape index (κ2) is 7.52. The predicted molar refractivity (Wildman–Crippen MR) is 117 cm³/mol. The molecule has 0 unspecified atom stereocenters. The van der Waals surface area contributed by atoms with Crippen molar-refractivity contribution in [2.75, 3.05) is 5.32 Å². The summed E-state index contributed by atoms with van der Waals surface area (Å²) < 4.78 is 1.93. The monoisotopic (exact) mass is 412 g/mol. The van der Waals surface area contributed by atoms with Gasteiger partial charge < -0.3 is 14.9 Å². The minimum atomic E-state index is -0.268. The number of H-pyrrole nitrogens is 2. The minimum Gasteiger partial charge on any atom is -0.351 e.